The van der Waals surface area contributed by atoms with Gasteiger partial charge < -0.3 is 0 Å². The largest absolute Gasteiger partial charge is 0.303 e. The molecule has 1 fully saturated rings. The fourth-order valence-electron chi connectivity index (χ4n) is 0.572. The van der Waals surface area contributed by atoms with Crippen LogP contribution < -0.4 is 0 Å². The lowest BCUT2D eigenvalue weighted by atomic mass is 10.2. The number of rotatable bonds is 1. The molecule has 1 rings (SSSR count). The quantitative estimate of drug-likeness (QED) is 0.454. The Morgan fingerprint density at radius 2 is 2.25 bits per heavy atom. The molecule has 1 aliphatic carbocycles. The fraction of sp³-hybridized carbons (Fsp3) is 0.667. The first kappa shape index (κ1) is 5.58. The summed E-state index contributed by atoms with van der Waals surface area (Å²) in [5, 5.41) is 10.3. The van der Waals surface area contributed by atoms with Crippen molar-refractivity contribution in [1.82, 2.24) is 0 Å². The van der Waals surface area contributed by atoms with Crippen LogP contribution in [0.3, 0.4) is 0 Å². The van der Waals surface area contributed by atoms with E-state index in [9.17, 15) is 9.50 Å². The maximum absolute atomic E-state index is 12.2. The van der Waals surface area contributed by atoms with Crippen LogP contribution >= 0.6 is 0 Å². The summed E-state index contributed by atoms with van der Waals surface area (Å²) in [5.74, 6) is -1.38. The SMILES string of the molecule is C#CC([O])(F)C1CC1. The third kappa shape index (κ3) is 0.823. The van der Waals surface area contributed by atoms with E-state index in [0.29, 0.717) is 12.8 Å². The zero-order valence-electron chi connectivity index (χ0n) is 4.36. The number of alkyl halides is 1. The second-order valence-electron chi connectivity index (χ2n) is 2.06. The molecule has 2 heteroatoms. The average molecular weight is 113 g/mol. The molecule has 0 amide bonds. The van der Waals surface area contributed by atoms with E-state index in [-0.39, 0.29) is 0 Å². The van der Waals surface area contributed by atoms with Gasteiger partial charge in [-0.15, -0.1) is 6.42 Å². The second-order valence-corrected chi connectivity index (χ2v) is 2.06. The fourth-order valence-corrected chi connectivity index (χ4v) is 0.572. The Morgan fingerprint density at radius 3 is 2.38 bits per heavy atom. The molecule has 1 nitrogen and oxygen atoms in total. The highest BCUT2D eigenvalue weighted by Gasteiger charge is 2.44. The number of halogens is 1. The van der Waals surface area contributed by atoms with Gasteiger partial charge in [0.2, 0.25) is 0 Å². The van der Waals surface area contributed by atoms with E-state index in [1.807, 2.05) is 0 Å². The smallest absolute Gasteiger partial charge is 0.194 e. The predicted molar refractivity (Wildman–Crippen MR) is 26.1 cm³/mol. The van der Waals surface area contributed by atoms with E-state index >= 15 is 0 Å². The predicted octanol–water partition coefficient (Wildman–Crippen LogP) is 1.13. The van der Waals surface area contributed by atoms with Gasteiger partial charge >= 0.3 is 5.85 Å². The molecule has 0 aromatic carbocycles. The van der Waals surface area contributed by atoms with Crippen LogP contribution in [-0.4, -0.2) is 5.85 Å². The Morgan fingerprint density at radius 1 is 1.75 bits per heavy atom. The van der Waals surface area contributed by atoms with Crippen molar-refractivity contribution < 1.29 is 9.50 Å². The topological polar surface area (TPSA) is 19.9 Å². The van der Waals surface area contributed by atoms with E-state index in [1.165, 1.54) is 0 Å². The van der Waals surface area contributed by atoms with Gasteiger partial charge in [0, 0.05) is 5.92 Å². The van der Waals surface area contributed by atoms with Crippen molar-refractivity contribution in [2.24, 2.45) is 5.92 Å². The van der Waals surface area contributed by atoms with Gasteiger partial charge in [-0.25, -0.2) is 0 Å². The molecule has 0 spiro atoms. The highest BCUT2D eigenvalue weighted by atomic mass is 19.2. The third-order valence-electron chi connectivity index (χ3n) is 1.30. The summed E-state index contributed by atoms with van der Waals surface area (Å²) in [6.45, 7) is 0. The first-order valence-electron chi connectivity index (χ1n) is 2.54. The molecule has 43 valence electrons. The molecule has 0 bridgehead atoms. The molecule has 1 atom stereocenters. The van der Waals surface area contributed by atoms with E-state index in [0.717, 1.165) is 0 Å². The zero-order chi connectivity index (χ0) is 6.20. The van der Waals surface area contributed by atoms with Gasteiger partial charge in [-0.3, -0.25) is 0 Å². The Labute approximate surface area is 47.5 Å². The lowest BCUT2D eigenvalue weighted by Crippen LogP contribution is -2.19. The molecular formula is C6H6FO. The van der Waals surface area contributed by atoms with Crippen LogP contribution in [0.15, 0.2) is 0 Å². The number of terminal acetylenes is 1. The molecule has 1 aliphatic rings. The summed E-state index contributed by atoms with van der Waals surface area (Å²) in [4.78, 5) is 0. The molecule has 1 saturated carbocycles. The van der Waals surface area contributed by atoms with Gasteiger partial charge in [0.25, 0.3) is 0 Å². The lowest BCUT2D eigenvalue weighted by molar-refractivity contribution is -0.107. The molecule has 0 aromatic rings. The summed E-state index contributed by atoms with van der Waals surface area (Å²) >= 11 is 0. The highest BCUT2D eigenvalue weighted by molar-refractivity contribution is 5.07. The first-order valence-corrected chi connectivity index (χ1v) is 2.54. The van der Waals surface area contributed by atoms with Crippen LogP contribution in [0, 0.1) is 18.3 Å². The minimum Gasteiger partial charge on any atom is -0.194 e. The van der Waals surface area contributed by atoms with Gasteiger partial charge in [0.1, 0.15) is 0 Å². The molecule has 8 heavy (non-hydrogen) atoms. The summed E-state index contributed by atoms with van der Waals surface area (Å²) in [5.41, 5.74) is 0. The van der Waals surface area contributed by atoms with E-state index in [1.54, 1.807) is 5.92 Å². The number of hydrogen-bond donors (Lipinski definition) is 0. The van der Waals surface area contributed by atoms with Crippen LogP contribution in [0.1, 0.15) is 12.8 Å². The van der Waals surface area contributed by atoms with Gasteiger partial charge in [0.15, 0.2) is 0 Å². The second kappa shape index (κ2) is 1.46. The van der Waals surface area contributed by atoms with Crippen molar-refractivity contribution in [3.63, 3.8) is 0 Å². The molecule has 1 radical (unpaired) electrons. The van der Waals surface area contributed by atoms with Crippen molar-refractivity contribution in [3.05, 3.63) is 0 Å². The normalized spacial score (nSPS) is 26.1. The summed E-state index contributed by atoms with van der Waals surface area (Å²) < 4.78 is 12.2. The minimum absolute atomic E-state index is 0.396. The van der Waals surface area contributed by atoms with Gasteiger partial charge in [0.05, 0.1) is 0 Å². The molecule has 0 N–H and O–H groups in total. The van der Waals surface area contributed by atoms with Crippen LogP contribution in [0.2, 0.25) is 0 Å². The van der Waals surface area contributed by atoms with Crippen LogP contribution in [0.5, 0.6) is 0 Å². The van der Waals surface area contributed by atoms with Crippen molar-refractivity contribution in [2.75, 3.05) is 0 Å². The maximum Gasteiger partial charge on any atom is 0.303 e. The maximum atomic E-state index is 12.2. The highest BCUT2D eigenvalue weighted by Crippen LogP contribution is 2.40. The molecule has 0 saturated heterocycles. The van der Waals surface area contributed by atoms with Crippen molar-refractivity contribution in [1.29, 1.82) is 0 Å². The monoisotopic (exact) mass is 113 g/mol. The van der Waals surface area contributed by atoms with Gasteiger partial charge in [-0.05, 0) is 18.8 Å². The van der Waals surface area contributed by atoms with E-state index in [4.69, 9.17) is 0 Å². The Kier molecular flexibility index (Phi) is 1.02. The first-order chi connectivity index (χ1) is 3.67. The molecular weight excluding hydrogens is 107 g/mol. The Hall–Kier alpha value is -0.550. The molecule has 1 unspecified atom stereocenters. The Balaban J connectivity index is 2.53. The van der Waals surface area contributed by atoms with Crippen molar-refractivity contribution in [2.45, 2.75) is 18.7 Å². The molecule has 0 aliphatic heterocycles. The summed E-state index contributed by atoms with van der Waals surface area (Å²) in [7, 11) is 0. The zero-order valence-corrected chi connectivity index (χ0v) is 4.36. The minimum atomic E-state index is -2.57. The van der Waals surface area contributed by atoms with Crippen LogP contribution in [-0.2, 0) is 5.11 Å². The third-order valence-corrected chi connectivity index (χ3v) is 1.30. The van der Waals surface area contributed by atoms with Crippen LogP contribution in [0.25, 0.3) is 0 Å². The van der Waals surface area contributed by atoms with E-state index < -0.39 is 11.8 Å². The average Bonchev–Trinajstić information content (AvgIpc) is 2.44. The van der Waals surface area contributed by atoms with Crippen molar-refractivity contribution in [3.8, 4) is 12.3 Å². The van der Waals surface area contributed by atoms with E-state index in [2.05, 4.69) is 6.42 Å². The summed E-state index contributed by atoms with van der Waals surface area (Å²) in [6.07, 6.45) is 5.92. The lowest BCUT2D eigenvalue weighted by Gasteiger charge is -2.04. The number of hydrogen-bond acceptors (Lipinski definition) is 0. The van der Waals surface area contributed by atoms with Crippen molar-refractivity contribution >= 4 is 0 Å². The standard InChI is InChI=1S/C6H6FO/c1-2-6(7,8)5-3-4-5/h1,5H,3-4H2. The molecule has 0 heterocycles. The summed E-state index contributed by atoms with van der Waals surface area (Å²) in [6, 6.07) is 0. The van der Waals surface area contributed by atoms with Crippen LogP contribution in [0.4, 0.5) is 4.39 Å². The Bertz CT molecular complexity index is 130. The molecule has 0 aromatic heterocycles. The van der Waals surface area contributed by atoms with Gasteiger partial charge in [-0.1, -0.05) is 0 Å². The van der Waals surface area contributed by atoms with Gasteiger partial charge in [-0.2, -0.15) is 9.50 Å².